The highest BCUT2D eigenvalue weighted by Crippen LogP contribution is 2.34. The number of thiazole rings is 1. The number of sulfonamides is 1. The molecular formula is C13H14F3N3O2S2. The number of alkyl halides is 3. The third kappa shape index (κ3) is 4.91. The summed E-state index contributed by atoms with van der Waals surface area (Å²) in [5.74, 6) is 0. The van der Waals surface area contributed by atoms with Crippen LogP contribution in [0, 0.1) is 6.92 Å². The molecule has 23 heavy (non-hydrogen) atoms. The Morgan fingerprint density at radius 3 is 2.39 bits per heavy atom. The van der Waals surface area contributed by atoms with Gasteiger partial charge in [-0.25, -0.2) is 18.1 Å². The molecule has 2 N–H and O–H groups in total. The molecule has 0 aliphatic carbocycles. The van der Waals surface area contributed by atoms with Gasteiger partial charge in [-0.2, -0.15) is 13.2 Å². The van der Waals surface area contributed by atoms with Gasteiger partial charge in [0.2, 0.25) is 10.0 Å². The zero-order chi connectivity index (χ0) is 17.1. The van der Waals surface area contributed by atoms with Crippen LogP contribution in [-0.4, -0.2) is 26.5 Å². The first-order chi connectivity index (χ1) is 10.7. The second-order valence-corrected chi connectivity index (χ2v) is 7.46. The first-order valence-electron chi connectivity index (χ1n) is 6.52. The number of hydrogen-bond donors (Lipinski definition) is 2. The smallest absolute Gasteiger partial charge is 0.360 e. The molecule has 2 aromatic rings. The van der Waals surface area contributed by atoms with Crippen LogP contribution in [0.25, 0.3) is 0 Å². The third-order valence-electron chi connectivity index (χ3n) is 2.81. The van der Waals surface area contributed by atoms with Crippen LogP contribution in [0.3, 0.4) is 0 Å². The lowest BCUT2D eigenvalue weighted by Crippen LogP contribution is -2.28. The first-order valence-corrected chi connectivity index (χ1v) is 8.82. The standard InChI is InChI=1S/C13H14F3N3O2S2/c1-9-2-4-10(5-3-9)23(20,21)19-7-6-17-12-18-8-11(22-12)13(14,15)16/h2-5,8,19H,6-7H2,1H3,(H,17,18). The molecule has 0 saturated carbocycles. The lowest BCUT2D eigenvalue weighted by Gasteiger charge is -2.07. The summed E-state index contributed by atoms with van der Waals surface area (Å²) in [6.45, 7) is 1.99. The van der Waals surface area contributed by atoms with Crippen molar-refractivity contribution in [2.45, 2.75) is 18.0 Å². The molecule has 0 aliphatic heterocycles. The van der Waals surface area contributed by atoms with E-state index in [0.717, 1.165) is 11.8 Å². The summed E-state index contributed by atoms with van der Waals surface area (Å²) in [4.78, 5) is 2.93. The van der Waals surface area contributed by atoms with Crippen molar-refractivity contribution in [3.05, 3.63) is 40.9 Å². The Hall–Kier alpha value is -1.65. The average Bonchev–Trinajstić information content (AvgIpc) is 2.93. The Bertz CT molecular complexity index is 756. The highest BCUT2D eigenvalue weighted by Gasteiger charge is 2.33. The van der Waals surface area contributed by atoms with E-state index >= 15 is 0 Å². The van der Waals surface area contributed by atoms with Crippen LogP contribution in [-0.2, 0) is 16.2 Å². The van der Waals surface area contributed by atoms with Crippen molar-refractivity contribution in [1.29, 1.82) is 0 Å². The minimum absolute atomic E-state index is 0.0249. The lowest BCUT2D eigenvalue weighted by molar-refractivity contribution is -0.134. The normalized spacial score (nSPS) is 12.3. The molecule has 0 unspecified atom stereocenters. The molecule has 0 bridgehead atoms. The highest BCUT2D eigenvalue weighted by atomic mass is 32.2. The number of anilines is 1. The summed E-state index contributed by atoms with van der Waals surface area (Å²) < 4.78 is 63.6. The topological polar surface area (TPSA) is 71.1 Å². The van der Waals surface area contributed by atoms with Gasteiger partial charge < -0.3 is 5.32 Å². The average molecular weight is 365 g/mol. The van der Waals surface area contributed by atoms with E-state index < -0.39 is 21.1 Å². The van der Waals surface area contributed by atoms with E-state index in [9.17, 15) is 21.6 Å². The van der Waals surface area contributed by atoms with E-state index in [0.29, 0.717) is 11.3 Å². The number of halogens is 3. The van der Waals surface area contributed by atoms with Crippen LogP contribution in [0.4, 0.5) is 18.3 Å². The first kappa shape index (κ1) is 17.7. The second kappa shape index (κ2) is 6.85. The molecule has 0 amide bonds. The molecule has 2 rings (SSSR count). The maximum absolute atomic E-state index is 12.4. The summed E-state index contributed by atoms with van der Waals surface area (Å²) in [6, 6.07) is 6.34. The van der Waals surface area contributed by atoms with E-state index in [4.69, 9.17) is 0 Å². The minimum Gasteiger partial charge on any atom is -0.360 e. The molecule has 5 nitrogen and oxygen atoms in total. The maximum Gasteiger partial charge on any atom is 0.427 e. The third-order valence-corrected chi connectivity index (χ3v) is 5.29. The van der Waals surface area contributed by atoms with Crippen molar-refractivity contribution >= 4 is 26.5 Å². The molecule has 0 saturated heterocycles. The molecule has 10 heteroatoms. The Morgan fingerprint density at radius 2 is 1.83 bits per heavy atom. The molecule has 1 heterocycles. The van der Waals surface area contributed by atoms with Crippen molar-refractivity contribution in [1.82, 2.24) is 9.71 Å². The number of rotatable bonds is 6. The van der Waals surface area contributed by atoms with Crippen molar-refractivity contribution in [2.24, 2.45) is 0 Å². The van der Waals surface area contributed by atoms with Crippen LogP contribution in [0.15, 0.2) is 35.4 Å². The number of nitrogens with one attached hydrogen (secondary N) is 2. The van der Waals surface area contributed by atoms with Gasteiger partial charge in [0.15, 0.2) is 5.13 Å². The van der Waals surface area contributed by atoms with E-state index in [-0.39, 0.29) is 23.1 Å². The van der Waals surface area contributed by atoms with Crippen LogP contribution in [0.5, 0.6) is 0 Å². The molecule has 0 radical (unpaired) electrons. The Balaban J connectivity index is 1.85. The van der Waals surface area contributed by atoms with Gasteiger partial charge in [-0.3, -0.25) is 0 Å². The number of nitrogens with zero attached hydrogens (tertiary/aromatic N) is 1. The fourth-order valence-electron chi connectivity index (χ4n) is 1.64. The van der Waals surface area contributed by atoms with E-state index in [2.05, 4.69) is 15.0 Å². The van der Waals surface area contributed by atoms with E-state index in [1.54, 1.807) is 12.1 Å². The molecule has 0 spiro atoms. The summed E-state index contributed by atoms with van der Waals surface area (Å²) >= 11 is 0.471. The Morgan fingerprint density at radius 1 is 1.17 bits per heavy atom. The van der Waals surface area contributed by atoms with Crippen LogP contribution in [0.1, 0.15) is 10.4 Å². The number of benzene rings is 1. The fourth-order valence-corrected chi connectivity index (χ4v) is 3.38. The zero-order valence-electron chi connectivity index (χ0n) is 12.0. The van der Waals surface area contributed by atoms with Crippen molar-refractivity contribution in [3.63, 3.8) is 0 Å². The Kier molecular flexibility index (Phi) is 5.27. The number of aromatic nitrogens is 1. The SMILES string of the molecule is Cc1ccc(S(=O)(=O)NCCNc2ncc(C(F)(F)F)s2)cc1. The molecule has 0 atom stereocenters. The van der Waals surface area contributed by atoms with Crippen LogP contribution >= 0.6 is 11.3 Å². The monoisotopic (exact) mass is 365 g/mol. The zero-order valence-corrected chi connectivity index (χ0v) is 13.6. The van der Waals surface area contributed by atoms with E-state index in [1.807, 2.05) is 6.92 Å². The second-order valence-electron chi connectivity index (χ2n) is 4.67. The van der Waals surface area contributed by atoms with Crippen molar-refractivity contribution in [2.75, 3.05) is 18.4 Å². The Labute approximate surface area is 135 Å². The summed E-state index contributed by atoms with van der Waals surface area (Å²) in [7, 11) is -3.64. The van der Waals surface area contributed by atoms with Gasteiger partial charge in [-0.05, 0) is 19.1 Å². The molecule has 126 valence electrons. The van der Waals surface area contributed by atoms with Gasteiger partial charge in [0.05, 0.1) is 11.1 Å². The number of aryl methyl sites for hydroxylation is 1. The largest absolute Gasteiger partial charge is 0.427 e. The van der Waals surface area contributed by atoms with Crippen LogP contribution in [0.2, 0.25) is 0 Å². The summed E-state index contributed by atoms with van der Waals surface area (Å²) in [6.07, 6.45) is -3.69. The minimum atomic E-state index is -4.43. The fraction of sp³-hybridized carbons (Fsp3) is 0.308. The van der Waals surface area contributed by atoms with Crippen molar-refractivity contribution < 1.29 is 21.6 Å². The maximum atomic E-state index is 12.4. The van der Waals surface area contributed by atoms with Gasteiger partial charge in [0.25, 0.3) is 0 Å². The number of hydrogen-bond acceptors (Lipinski definition) is 5. The van der Waals surface area contributed by atoms with Gasteiger partial charge >= 0.3 is 6.18 Å². The molecular weight excluding hydrogens is 351 g/mol. The molecule has 1 aromatic carbocycles. The molecule has 0 aliphatic rings. The molecule has 0 fully saturated rings. The van der Waals surface area contributed by atoms with E-state index in [1.165, 1.54) is 12.1 Å². The van der Waals surface area contributed by atoms with Crippen molar-refractivity contribution in [3.8, 4) is 0 Å². The summed E-state index contributed by atoms with van der Waals surface area (Å²) in [5.41, 5.74) is 0.940. The molecule has 1 aromatic heterocycles. The van der Waals surface area contributed by atoms with Gasteiger partial charge in [0, 0.05) is 13.1 Å². The predicted octanol–water partition coefficient (Wildman–Crippen LogP) is 2.86. The van der Waals surface area contributed by atoms with Crippen LogP contribution < -0.4 is 10.0 Å². The quantitative estimate of drug-likeness (QED) is 0.773. The summed E-state index contributed by atoms with van der Waals surface area (Å²) in [5, 5.41) is 2.74. The van der Waals surface area contributed by atoms with Gasteiger partial charge in [-0.15, -0.1) is 0 Å². The predicted molar refractivity (Wildman–Crippen MR) is 82.0 cm³/mol. The van der Waals surface area contributed by atoms with Gasteiger partial charge in [0.1, 0.15) is 4.88 Å². The van der Waals surface area contributed by atoms with Gasteiger partial charge in [-0.1, -0.05) is 29.0 Å². The highest BCUT2D eigenvalue weighted by molar-refractivity contribution is 7.89. The lowest BCUT2D eigenvalue weighted by atomic mass is 10.2.